The summed E-state index contributed by atoms with van der Waals surface area (Å²) in [6.07, 6.45) is 1.29. The van der Waals surface area contributed by atoms with Crippen molar-refractivity contribution in [2.24, 2.45) is 0 Å². The predicted molar refractivity (Wildman–Crippen MR) is 118 cm³/mol. The van der Waals surface area contributed by atoms with E-state index in [1.165, 1.54) is 28.9 Å². The second-order valence-electron chi connectivity index (χ2n) is 6.80. The van der Waals surface area contributed by atoms with Crippen molar-refractivity contribution in [3.8, 4) is 11.3 Å². The molecule has 2 aromatic heterocycles. The average Bonchev–Trinajstić information content (AvgIpc) is 3.13. The number of hydrogen-bond acceptors (Lipinski definition) is 5. The number of carbonyl (C=O) groups excluding carboxylic acids is 2. The fourth-order valence-electron chi connectivity index (χ4n) is 3.05. The van der Waals surface area contributed by atoms with Crippen molar-refractivity contribution in [2.45, 2.75) is 13.8 Å². The summed E-state index contributed by atoms with van der Waals surface area (Å²) in [5.74, 6) is -0.782. The van der Waals surface area contributed by atoms with E-state index in [2.05, 4.69) is 15.6 Å². The number of fused-ring (bicyclic) bond motifs is 1. The van der Waals surface area contributed by atoms with Gasteiger partial charge < -0.3 is 10.6 Å². The molecule has 0 radical (unpaired) electrons. The van der Waals surface area contributed by atoms with Gasteiger partial charge in [0.25, 0.3) is 11.5 Å². The second kappa shape index (κ2) is 7.92. The lowest BCUT2D eigenvalue weighted by Gasteiger charge is -2.08. The molecule has 30 heavy (non-hydrogen) atoms. The number of thiazole rings is 1. The first kappa shape index (κ1) is 19.5. The van der Waals surface area contributed by atoms with E-state index in [1.807, 2.05) is 36.6 Å². The molecular formula is C22H18N4O3S. The smallest absolute Gasteiger partial charge is 0.271 e. The van der Waals surface area contributed by atoms with Gasteiger partial charge in [-0.3, -0.25) is 18.8 Å². The molecule has 150 valence electrons. The highest BCUT2D eigenvalue weighted by atomic mass is 32.1. The van der Waals surface area contributed by atoms with Crippen molar-refractivity contribution in [3.63, 3.8) is 0 Å². The van der Waals surface area contributed by atoms with Crippen LogP contribution in [0, 0.1) is 6.92 Å². The van der Waals surface area contributed by atoms with Crippen LogP contribution in [0.3, 0.4) is 0 Å². The zero-order valence-corrected chi connectivity index (χ0v) is 17.1. The number of carbonyl (C=O) groups is 2. The molecule has 4 aromatic rings. The Morgan fingerprint density at radius 2 is 1.73 bits per heavy atom. The minimum Gasteiger partial charge on any atom is -0.326 e. The molecule has 2 heterocycles. The standard InChI is InChI=1S/C22H18N4O3S/c1-13-6-8-15(9-7-13)19-12-30-22-23-11-18(21(29)26(19)22)20(28)25-17-5-3-4-16(10-17)24-14(2)27/h3-12H,1-2H3,(H,24,27)(H,25,28). The number of aromatic nitrogens is 2. The Morgan fingerprint density at radius 3 is 2.43 bits per heavy atom. The van der Waals surface area contributed by atoms with Gasteiger partial charge in [0, 0.05) is 29.9 Å². The third-order valence-corrected chi connectivity index (χ3v) is 5.32. The topological polar surface area (TPSA) is 92.6 Å². The van der Waals surface area contributed by atoms with E-state index in [0.29, 0.717) is 22.0 Å². The Hall–Kier alpha value is -3.78. The van der Waals surface area contributed by atoms with Gasteiger partial charge >= 0.3 is 0 Å². The van der Waals surface area contributed by atoms with Crippen molar-refractivity contribution >= 4 is 39.5 Å². The van der Waals surface area contributed by atoms with Gasteiger partial charge in [-0.2, -0.15) is 0 Å². The lowest BCUT2D eigenvalue weighted by atomic mass is 10.1. The molecule has 0 aliphatic heterocycles. The van der Waals surface area contributed by atoms with Crippen molar-refractivity contribution in [2.75, 3.05) is 10.6 Å². The van der Waals surface area contributed by atoms with E-state index in [4.69, 9.17) is 0 Å². The minimum atomic E-state index is -0.567. The van der Waals surface area contributed by atoms with Gasteiger partial charge in [0.05, 0.1) is 5.69 Å². The molecule has 0 saturated heterocycles. The Labute approximate surface area is 176 Å². The van der Waals surface area contributed by atoms with Crippen LogP contribution in [0.2, 0.25) is 0 Å². The van der Waals surface area contributed by atoms with Crippen LogP contribution < -0.4 is 16.2 Å². The summed E-state index contributed by atoms with van der Waals surface area (Å²) in [7, 11) is 0. The summed E-state index contributed by atoms with van der Waals surface area (Å²) >= 11 is 1.34. The average molecular weight is 418 g/mol. The van der Waals surface area contributed by atoms with Gasteiger partial charge in [0.1, 0.15) is 5.56 Å². The molecule has 8 heteroatoms. The highest BCUT2D eigenvalue weighted by Crippen LogP contribution is 2.24. The van der Waals surface area contributed by atoms with Crippen LogP contribution >= 0.6 is 11.3 Å². The van der Waals surface area contributed by atoms with Gasteiger partial charge in [-0.15, -0.1) is 11.3 Å². The predicted octanol–water partition coefficient (Wildman–Crippen LogP) is 3.94. The maximum absolute atomic E-state index is 13.1. The summed E-state index contributed by atoms with van der Waals surface area (Å²) in [6, 6.07) is 14.5. The number of aryl methyl sites for hydroxylation is 1. The first-order valence-corrected chi connectivity index (χ1v) is 10.1. The van der Waals surface area contributed by atoms with Crippen molar-refractivity contribution in [1.29, 1.82) is 0 Å². The number of rotatable bonds is 4. The summed E-state index contributed by atoms with van der Waals surface area (Å²) in [5.41, 5.74) is 3.18. The summed E-state index contributed by atoms with van der Waals surface area (Å²) < 4.78 is 1.46. The van der Waals surface area contributed by atoms with E-state index in [1.54, 1.807) is 24.3 Å². The Kier molecular flexibility index (Phi) is 5.16. The first-order valence-electron chi connectivity index (χ1n) is 9.17. The van der Waals surface area contributed by atoms with Crippen LogP contribution in [0.15, 0.2) is 64.9 Å². The lowest BCUT2D eigenvalue weighted by Crippen LogP contribution is -2.26. The normalized spacial score (nSPS) is 10.7. The Bertz CT molecular complexity index is 1320. The van der Waals surface area contributed by atoms with Crippen LogP contribution in [0.5, 0.6) is 0 Å². The molecule has 0 aliphatic rings. The van der Waals surface area contributed by atoms with Crippen LogP contribution in [0.4, 0.5) is 11.4 Å². The molecule has 2 amide bonds. The summed E-state index contributed by atoms with van der Waals surface area (Å²) in [4.78, 5) is 41.9. The maximum Gasteiger partial charge on any atom is 0.271 e. The molecule has 2 aromatic carbocycles. The highest BCUT2D eigenvalue weighted by Gasteiger charge is 2.17. The van der Waals surface area contributed by atoms with E-state index in [-0.39, 0.29) is 11.5 Å². The molecule has 0 unspecified atom stereocenters. The molecule has 0 spiro atoms. The molecule has 4 rings (SSSR count). The van der Waals surface area contributed by atoms with Gasteiger partial charge in [0.15, 0.2) is 4.96 Å². The van der Waals surface area contributed by atoms with Crippen molar-refractivity contribution in [3.05, 3.63) is 81.6 Å². The van der Waals surface area contributed by atoms with E-state index in [0.717, 1.165) is 11.1 Å². The largest absolute Gasteiger partial charge is 0.326 e. The van der Waals surface area contributed by atoms with Gasteiger partial charge in [0.2, 0.25) is 5.91 Å². The van der Waals surface area contributed by atoms with Crippen molar-refractivity contribution in [1.82, 2.24) is 9.38 Å². The molecule has 0 atom stereocenters. The van der Waals surface area contributed by atoms with E-state index < -0.39 is 11.5 Å². The minimum absolute atomic E-state index is 0.0656. The summed E-state index contributed by atoms with van der Waals surface area (Å²) in [5, 5.41) is 7.20. The maximum atomic E-state index is 13.1. The third kappa shape index (κ3) is 3.85. The molecule has 0 aliphatic carbocycles. The molecule has 0 saturated carbocycles. The number of benzene rings is 2. The van der Waals surface area contributed by atoms with E-state index >= 15 is 0 Å². The Balaban J connectivity index is 1.69. The van der Waals surface area contributed by atoms with Crippen LogP contribution in [0.25, 0.3) is 16.2 Å². The highest BCUT2D eigenvalue weighted by molar-refractivity contribution is 7.15. The number of amides is 2. The monoisotopic (exact) mass is 418 g/mol. The quantitative estimate of drug-likeness (QED) is 0.525. The first-order chi connectivity index (χ1) is 14.4. The van der Waals surface area contributed by atoms with Crippen LogP contribution in [0.1, 0.15) is 22.8 Å². The van der Waals surface area contributed by atoms with E-state index in [9.17, 15) is 14.4 Å². The second-order valence-corrected chi connectivity index (χ2v) is 7.63. The molecular weight excluding hydrogens is 400 g/mol. The zero-order chi connectivity index (χ0) is 21.3. The van der Waals surface area contributed by atoms with Gasteiger partial charge in [-0.05, 0) is 30.7 Å². The number of hydrogen-bond donors (Lipinski definition) is 2. The fourth-order valence-corrected chi connectivity index (χ4v) is 3.91. The number of nitrogens with one attached hydrogen (secondary N) is 2. The number of nitrogens with zero attached hydrogens (tertiary/aromatic N) is 2. The molecule has 0 bridgehead atoms. The number of anilines is 2. The molecule has 0 fully saturated rings. The molecule has 7 nitrogen and oxygen atoms in total. The summed E-state index contributed by atoms with van der Waals surface area (Å²) in [6.45, 7) is 3.40. The van der Waals surface area contributed by atoms with Gasteiger partial charge in [-0.25, -0.2) is 4.98 Å². The van der Waals surface area contributed by atoms with Crippen LogP contribution in [-0.4, -0.2) is 21.2 Å². The lowest BCUT2D eigenvalue weighted by molar-refractivity contribution is -0.114. The Morgan fingerprint density at radius 1 is 1.03 bits per heavy atom. The zero-order valence-electron chi connectivity index (χ0n) is 16.3. The fraction of sp³-hybridized carbons (Fsp3) is 0.0909. The van der Waals surface area contributed by atoms with Crippen LogP contribution in [-0.2, 0) is 4.79 Å². The van der Waals surface area contributed by atoms with Gasteiger partial charge in [-0.1, -0.05) is 35.9 Å². The van der Waals surface area contributed by atoms with Crippen molar-refractivity contribution < 1.29 is 9.59 Å². The molecule has 2 N–H and O–H groups in total. The third-order valence-electron chi connectivity index (χ3n) is 4.48. The SMILES string of the molecule is CC(=O)Nc1cccc(NC(=O)c2cnc3scc(-c4ccc(C)cc4)n3c2=O)c1.